The molecule has 2 heteroatoms. The molecule has 1 aliphatic carbocycles. The molecular formula is C8H12O2. The topological polar surface area (TPSA) is 25.1 Å². The maximum atomic E-state index is 5.51. The van der Waals surface area contributed by atoms with Crippen LogP contribution < -0.4 is 0 Å². The standard InChI is InChI=1S/C8H12O2/c1-2-5(7-4-9-7)8-6(3-1)10-8/h5-8H,1-4H2. The van der Waals surface area contributed by atoms with Crippen molar-refractivity contribution in [3.63, 3.8) is 0 Å². The van der Waals surface area contributed by atoms with Gasteiger partial charge in [0.1, 0.15) is 0 Å². The van der Waals surface area contributed by atoms with Crippen LogP contribution >= 0.6 is 0 Å². The summed E-state index contributed by atoms with van der Waals surface area (Å²) in [6.07, 6.45) is 5.80. The van der Waals surface area contributed by atoms with Crippen LogP contribution in [0.4, 0.5) is 0 Å². The predicted molar refractivity (Wildman–Crippen MR) is 35.7 cm³/mol. The Morgan fingerprint density at radius 2 is 2.00 bits per heavy atom. The summed E-state index contributed by atoms with van der Waals surface area (Å²) < 4.78 is 10.8. The molecule has 2 heterocycles. The fourth-order valence-corrected chi connectivity index (χ4v) is 2.18. The van der Waals surface area contributed by atoms with Gasteiger partial charge >= 0.3 is 0 Å². The lowest BCUT2D eigenvalue weighted by Crippen LogP contribution is -2.21. The zero-order valence-corrected chi connectivity index (χ0v) is 5.95. The molecular weight excluding hydrogens is 128 g/mol. The Hall–Kier alpha value is -0.0800. The highest BCUT2D eigenvalue weighted by Gasteiger charge is 2.52. The van der Waals surface area contributed by atoms with E-state index >= 15 is 0 Å². The molecule has 0 spiro atoms. The molecule has 0 N–H and O–H groups in total. The fraction of sp³-hybridized carbons (Fsp3) is 1.00. The number of rotatable bonds is 1. The van der Waals surface area contributed by atoms with Crippen LogP contribution in [-0.2, 0) is 9.47 Å². The van der Waals surface area contributed by atoms with Crippen molar-refractivity contribution in [2.75, 3.05) is 6.61 Å². The SMILES string of the molecule is C1CC2OC2C(C2CO2)C1. The summed E-state index contributed by atoms with van der Waals surface area (Å²) in [5.41, 5.74) is 0. The lowest BCUT2D eigenvalue weighted by Gasteiger charge is -2.14. The highest BCUT2D eigenvalue weighted by Crippen LogP contribution is 2.45. The van der Waals surface area contributed by atoms with E-state index in [9.17, 15) is 0 Å². The zero-order valence-electron chi connectivity index (χ0n) is 5.95. The quantitative estimate of drug-likeness (QED) is 0.507. The van der Waals surface area contributed by atoms with Gasteiger partial charge in [-0.25, -0.2) is 0 Å². The highest BCUT2D eigenvalue weighted by molar-refractivity contribution is 5.00. The molecule has 0 aromatic carbocycles. The van der Waals surface area contributed by atoms with E-state index in [-0.39, 0.29) is 0 Å². The van der Waals surface area contributed by atoms with Gasteiger partial charge < -0.3 is 9.47 Å². The number of ether oxygens (including phenoxy) is 2. The number of fused-ring (bicyclic) bond motifs is 1. The molecule has 10 heavy (non-hydrogen) atoms. The highest BCUT2D eigenvalue weighted by atomic mass is 16.6. The van der Waals surface area contributed by atoms with Crippen LogP contribution in [0.15, 0.2) is 0 Å². The van der Waals surface area contributed by atoms with Gasteiger partial charge in [0.05, 0.1) is 24.9 Å². The van der Waals surface area contributed by atoms with Gasteiger partial charge in [-0.2, -0.15) is 0 Å². The maximum Gasteiger partial charge on any atom is 0.0895 e. The first kappa shape index (κ1) is 5.56. The lowest BCUT2D eigenvalue weighted by molar-refractivity contribution is 0.254. The Morgan fingerprint density at radius 1 is 1.10 bits per heavy atom. The Labute approximate surface area is 60.5 Å². The Bertz CT molecular complexity index is 153. The van der Waals surface area contributed by atoms with Crippen LogP contribution in [0.25, 0.3) is 0 Å². The predicted octanol–water partition coefficient (Wildman–Crippen LogP) is 0.953. The molecule has 4 unspecified atom stereocenters. The third-order valence-electron chi connectivity index (χ3n) is 2.91. The fourth-order valence-electron chi connectivity index (χ4n) is 2.18. The van der Waals surface area contributed by atoms with Gasteiger partial charge in [0.25, 0.3) is 0 Å². The van der Waals surface area contributed by atoms with Crippen molar-refractivity contribution in [3.05, 3.63) is 0 Å². The van der Waals surface area contributed by atoms with Crippen molar-refractivity contribution in [3.8, 4) is 0 Å². The van der Waals surface area contributed by atoms with Crippen molar-refractivity contribution in [2.24, 2.45) is 5.92 Å². The summed E-state index contributed by atoms with van der Waals surface area (Å²) in [5, 5.41) is 0. The second kappa shape index (κ2) is 1.74. The Balaban J connectivity index is 1.72. The normalized spacial score (nSPS) is 57.6. The van der Waals surface area contributed by atoms with Gasteiger partial charge in [0.2, 0.25) is 0 Å². The van der Waals surface area contributed by atoms with Gasteiger partial charge in [-0.1, -0.05) is 6.42 Å². The van der Waals surface area contributed by atoms with E-state index in [1.807, 2.05) is 0 Å². The van der Waals surface area contributed by atoms with Gasteiger partial charge in [-0.05, 0) is 12.8 Å². The third kappa shape index (κ3) is 0.722. The first-order valence-electron chi connectivity index (χ1n) is 4.22. The molecule has 0 aromatic heterocycles. The second-order valence-corrected chi connectivity index (χ2v) is 3.61. The average Bonchev–Trinajstić information content (AvgIpc) is 2.83. The molecule has 3 rings (SSSR count). The first-order valence-corrected chi connectivity index (χ1v) is 4.22. The van der Waals surface area contributed by atoms with Crippen LogP contribution in [0.2, 0.25) is 0 Å². The molecule has 2 aliphatic heterocycles. The molecule has 3 fully saturated rings. The van der Waals surface area contributed by atoms with E-state index in [1.54, 1.807) is 0 Å². The maximum absolute atomic E-state index is 5.51. The smallest absolute Gasteiger partial charge is 0.0895 e. The second-order valence-electron chi connectivity index (χ2n) is 3.61. The summed E-state index contributed by atoms with van der Waals surface area (Å²) in [4.78, 5) is 0. The van der Waals surface area contributed by atoms with Crippen molar-refractivity contribution in [1.82, 2.24) is 0 Å². The van der Waals surface area contributed by atoms with E-state index in [2.05, 4.69) is 0 Å². The first-order chi connectivity index (χ1) is 4.95. The zero-order chi connectivity index (χ0) is 6.55. The minimum absolute atomic E-state index is 0.579. The molecule has 56 valence electrons. The van der Waals surface area contributed by atoms with Gasteiger partial charge in [0, 0.05) is 5.92 Å². The molecule has 3 aliphatic rings. The largest absolute Gasteiger partial charge is 0.373 e. The molecule has 2 nitrogen and oxygen atoms in total. The molecule has 4 atom stereocenters. The average molecular weight is 140 g/mol. The van der Waals surface area contributed by atoms with Gasteiger partial charge in [0.15, 0.2) is 0 Å². The van der Waals surface area contributed by atoms with Gasteiger partial charge in [-0.15, -0.1) is 0 Å². The van der Waals surface area contributed by atoms with E-state index in [0.717, 1.165) is 12.5 Å². The van der Waals surface area contributed by atoms with Crippen molar-refractivity contribution >= 4 is 0 Å². The van der Waals surface area contributed by atoms with E-state index in [4.69, 9.17) is 9.47 Å². The third-order valence-corrected chi connectivity index (χ3v) is 2.91. The number of hydrogen-bond acceptors (Lipinski definition) is 2. The van der Waals surface area contributed by atoms with E-state index < -0.39 is 0 Å². The van der Waals surface area contributed by atoms with Crippen molar-refractivity contribution < 1.29 is 9.47 Å². The summed E-state index contributed by atoms with van der Waals surface area (Å²) in [6, 6.07) is 0. The number of epoxide rings is 2. The molecule has 0 radical (unpaired) electrons. The van der Waals surface area contributed by atoms with Crippen molar-refractivity contribution in [1.29, 1.82) is 0 Å². The molecule has 0 bridgehead atoms. The van der Waals surface area contributed by atoms with E-state index in [0.29, 0.717) is 18.3 Å². The molecule has 1 saturated carbocycles. The summed E-state index contributed by atoms with van der Waals surface area (Å²) in [7, 11) is 0. The monoisotopic (exact) mass is 140 g/mol. The minimum atomic E-state index is 0.579. The minimum Gasteiger partial charge on any atom is -0.373 e. The van der Waals surface area contributed by atoms with Gasteiger partial charge in [-0.3, -0.25) is 0 Å². The number of hydrogen-bond donors (Lipinski definition) is 0. The Kier molecular flexibility index (Phi) is 0.968. The van der Waals surface area contributed by atoms with Crippen LogP contribution in [0, 0.1) is 5.92 Å². The van der Waals surface area contributed by atoms with Crippen molar-refractivity contribution in [2.45, 2.75) is 37.6 Å². The summed E-state index contributed by atoms with van der Waals surface area (Å²) in [5.74, 6) is 0.763. The Morgan fingerprint density at radius 3 is 2.80 bits per heavy atom. The van der Waals surface area contributed by atoms with Crippen LogP contribution in [0.1, 0.15) is 19.3 Å². The molecule has 2 saturated heterocycles. The molecule has 0 aromatic rings. The summed E-state index contributed by atoms with van der Waals surface area (Å²) in [6.45, 7) is 0.997. The van der Waals surface area contributed by atoms with E-state index in [1.165, 1.54) is 19.3 Å². The van der Waals surface area contributed by atoms with Crippen LogP contribution in [0.5, 0.6) is 0 Å². The molecule has 0 amide bonds. The summed E-state index contributed by atoms with van der Waals surface area (Å²) >= 11 is 0. The van der Waals surface area contributed by atoms with Crippen LogP contribution in [-0.4, -0.2) is 24.9 Å². The van der Waals surface area contributed by atoms with Crippen LogP contribution in [0.3, 0.4) is 0 Å². The lowest BCUT2D eigenvalue weighted by atomic mass is 9.87.